The minimum absolute atomic E-state index is 0.268. The SMILES string of the molecule is CON(C)C(=O)C1C(F)C1c1cccs1. The second kappa shape index (κ2) is 3.90. The fourth-order valence-electron chi connectivity index (χ4n) is 1.68. The maximum atomic E-state index is 13.5. The first kappa shape index (κ1) is 10.6. The first-order chi connectivity index (χ1) is 7.16. The maximum absolute atomic E-state index is 13.5. The molecule has 2 rings (SSSR count). The third-order valence-electron chi connectivity index (χ3n) is 2.67. The molecular formula is C10H12FNO2S. The molecule has 0 aromatic carbocycles. The van der Waals surface area contributed by atoms with Gasteiger partial charge < -0.3 is 0 Å². The van der Waals surface area contributed by atoms with Gasteiger partial charge >= 0.3 is 0 Å². The van der Waals surface area contributed by atoms with E-state index < -0.39 is 12.1 Å². The molecule has 3 atom stereocenters. The van der Waals surface area contributed by atoms with Crippen LogP contribution < -0.4 is 0 Å². The van der Waals surface area contributed by atoms with Crippen LogP contribution in [0, 0.1) is 5.92 Å². The molecule has 0 aliphatic heterocycles. The number of carbonyl (C=O) groups excluding carboxylic acids is 1. The van der Waals surface area contributed by atoms with E-state index in [-0.39, 0.29) is 11.8 Å². The van der Waals surface area contributed by atoms with Crippen molar-refractivity contribution < 1.29 is 14.0 Å². The number of nitrogens with zero attached hydrogens (tertiary/aromatic N) is 1. The van der Waals surface area contributed by atoms with Crippen molar-refractivity contribution in [3.8, 4) is 0 Å². The molecule has 1 aromatic heterocycles. The Morgan fingerprint density at radius 2 is 2.40 bits per heavy atom. The summed E-state index contributed by atoms with van der Waals surface area (Å²) in [6, 6.07) is 3.73. The van der Waals surface area contributed by atoms with Crippen LogP contribution in [0.5, 0.6) is 0 Å². The van der Waals surface area contributed by atoms with E-state index in [1.165, 1.54) is 25.5 Å². The zero-order chi connectivity index (χ0) is 11.0. The molecule has 1 aliphatic rings. The van der Waals surface area contributed by atoms with Crippen molar-refractivity contribution in [3.63, 3.8) is 0 Å². The zero-order valence-corrected chi connectivity index (χ0v) is 9.33. The van der Waals surface area contributed by atoms with Gasteiger partial charge in [-0.1, -0.05) is 6.07 Å². The minimum atomic E-state index is -1.06. The van der Waals surface area contributed by atoms with Crippen LogP contribution >= 0.6 is 11.3 Å². The molecule has 0 radical (unpaired) electrons. The molecule has 1 heterocycles. The summed E-state index contributed by atoms with van der Waals surface area (Å²) in [7, 11) is 2.90. The summed E-state index contributed by atoms with van der Waals surface area (Å²) in [4.78, 5) is 17.3. The molecule has 15 heavy (non-hydrogen) atoms. The molecule has 1 fully saturated rings. The van der Waals surface area contributed by atoms with Gasteiger partial charge in [0.15, 0.2) is 0 Å². The predicted molar refractivity (Wildman–Crippen MR) is 55.2 cm³/mol. The van der Waals surface area contributed by atoms with E-state index in [9.17, 15) is 9.18 Å². The number of hydrogen-bond donors (Lipinski definition) is 0. The Morgan fingerprint density at radius 1 is 1.67 bits per heavy atom. The molecular weight excluding hydrogens is 217 g/mol. The van der Waals surface area contributed by atoms with Gasteiger partial charge in [-0.05, 0) is 11.4 Å². The van der Waals surface area contributed by atoms with Crippen LogP contribution in [0.1, 0.15) is 10.8 Å². The molecule has 1 aliphatic carbocycles. The summed E-state index contributed by atoms with van der Waals surface area (Å²) in [5.41, 5.74) is 0. The minimum Gasteiger partial charge on any atom is -0.275 e. The molecule has 1 aromatic rings. The monoisotopic (exact) mass is 229 g/mol. The Bertz CT molecular complexity index is 354. The third-order valence-corrected chi connectivity index (χ3v) is 3.65. The van der Waals surface area contributed by atoms with Gasteiger partial charge in [-0.25, -0.2) is 9.45 Å². The Balaban J connectivity index is 2.06. The summed E-state index contributed by atoms with van der Waals surface area (Å²) < 4.78 is 13.5. The van der Waals surface area contributed by atoms with E-state index in [1.807, 2.05) is 17.5 Å². The van der Waals surface area contributed by atoms with Gasteiger partial charge in [0.05, 0.1) is 13.0 Å². The van der Waals surface area contributed by atoms with Crippen molar-refractivity contribution in [2.75, 3.05) is 14.2 Å². The van der Waals surface area contributed by atoms with E-state index in [4.69, 9.17) is 4.84 Å². The molecule has 5 heteroatoms. The normalized spacial score (nSPS) is 28.9. The van der Waals surface area contributed by atoms with Gasteiger partial charge in [0.2, 0.25) is 0 Å². The number of hydroxylamine groups is 2. The Kier molecular flexibility index (Phi) is 2.75. The predicted octanol–water partition coefficient (Wildman–Crippen LogP) is 1.82. The second-order valence-electron chi connectivity index (χ2n) is 3.53. The van der Waals surface area contributed by atoms with Gasteiger partial charge in [-0.3, -0.25) is 9.63 Å². The van der Waals surface area contributed by atoms with Gasteiger partial charge in [0.1, 0.15) is 6.17 Å². The number of rotatable bonds is 3. The highest BCUT2D eigenvalue weighted by atomic mass is 32.1. The lowest BCUT2D eigenvalue weighted by Crippen LogP contribution is -2.27. The van der Waals surface area contributed by atoms with Crippen molar-refractivity contribution in [2.24, 2.45) is 5.92 Å². The van der Waals surface area contributed by atoms with E-state index >= 15 is 0 Å². The highest BCUT2D eigenvalue weighted by molar-refractivity contribution is 7.10. The molecule has 3 unspecified atom stereocenters. The molecule has 3 nitrogen and oxygen atoms in total. The van der Waals surface area contributed by atoms with Crippen molar-refractivity contribution in [2.45, 2.75) is 12.1 Å². The maximum Gasteiger partial charge on any atom is 0.252 e. The average molecular weight is 229 g/mol. The van der Waals surface area contributed by atoms with Gasteiger partial charge in [0.25, 0.3) is 5.91 Å². The smallest absolute Gasteiger partial charge is 0.252 e. The Morgan fingerprint density at radius 3 is 2.93 bits per heavy atom. The number of hydrogen-bond acceptors (Lipinski definition) is 3. The number of amides is 1. The fourth-order valence-corrected chi connectivity index (χ4v) is 2.58. The second-order valence-corrected chi connectivity index (χ2v) is 4.51. The van der Waals surface area contributed by atoms with Crippen LogP contribution in [0.3, 0.4) is 0 Å². The standard InChI is InChI=1S/C10H12FNO2S/c1-12(14-2)10(13)8-7(9(8)11)6-4-3-5-15-6/h3-5,7-9H,1-2H3. The Labute approximate surface area is 91.4 Å². The van der Waals surface area contributed by atoms with Gasteiger partial charge in [0, 0.05) is 17.8 Å². The number of halogens is 1. The topological polar surface area (TPSA) is 29.5 Å². The first-order valence-electron chi connectivity index (χ1n) is 4.66. The molecule has 82 valence electrons. The number of alkyl halides is 1. The Hall–Kier alpha value is -0.940. The van der Waals surface area contributed by atoms with Crippen LogP contribution in [0.4, 0.5) is 4.39 Å². The van der Waals surface area contributed by atoms with E-state index in [2.05, 4.69) is 0 Å². The summed E-state index contributed by atoms with van der Waals surface area (Å²) in [5.74, 6) is -1.12. The summed E-state index contributed by atoms with van der Waals surface area (Å²) in [5, 5.41) is 2.98. The quantitative estimate of drug-likeness (QED) is 0.740. The molecule has 1 amide bonds. The first-order valence-corrected chi connectivity index (χ1v) is 5.54. The molecule has 0 bridgehead atoms. The third kappa shape index (κ3) is 1.77. The largest absolute Gasteiger partial charge is 0.275 e. The van der Waals surface area contributed by atoms with Crippen molar-refractivity contribution >= 4 is 17.2 Å². The lowest BCUT2D eigenvalue weighted by Gasteiger charge is -2.12. The van der Waals surface area contributed by atoms with Crippen LogP contribution in [-0.2, 0) is 9.63 Å². The number of carbonyl (C=O) groups is 1. The van der Waals surface area contributed by atoms with E-state index in [1.54, 1.807) is 0 Å². The molecule has 1 saturated carbocycles. The van der Waals surface area contributed by atoms with Crippen LogP contribution in [-0.4, -0.2) is 31.3 Å². The summed E-state index contributed by atoms with van der Waals surface area (Å²) >= 11 is 1.49. The van der Waals surface area contributed by atoms with Crippen LogP contribution in [0.2, 0.25) is 0 Å². The van der Waals surface area contributed by atoms with Crippen LogP contribution in [0.25, 0.3) is 0 Å². The summed E-state index contributed by atoms with van der Waals surface area (Å²) in [6.07, 6.45) is -1.06. The van der Waals surface area contributed by atoms with E-state index in [0.717, 1.165) is 9.94 Å². The number of thiophene rings is 1. The molecule has 0 spiro atoms. The van der Waals surface area contributed by atoms with Crippen molar-refractivity contribution in [1.82, 2.24) is 5.06 Å². The van der Waals surface area contributed by atoms with E-state index in [0.29, 0.717) is 0 Å². The van der Waals surface area contributed by atoms with Crippen LogP contribution in [0.15, 0.2) is 17.5 Å². The lowest BCUT2D eigenvalue weighted by atomic mass is 10.2. The molecule has 0 N–H and O–H groups in total. The zero-order valence-electron chi connectivity index (χ0n) is 8.51. The van der Waals surface area contributed by atoms with Gasteiger partial charge in [-0.15, -0.1) is 11.3 Å². The lowest BCUT2D eigenvalue weighted by molar-refractivity contribution is -0.170. The van der Waals surface area contributed by atoms with Crippen molar-refractivity contribution in [1.29, 1.82) is 0 Å². The highest BCUT2D eigenvalue weighted by Gasteiger charge is 2.58. The van der Waals surface area contributed by atoms with Crippen molar-refractivity contribution in [3.05, 3.63) is 22.4 Å². The van der Waals surface area contributed by atoms with Gasteiger partial charge in [-0.2, -0.15) is 0 Å². The fraction of sp³-hybridized carbons (Fsp3) is 0.500. The molecule has 0 saturated heterocycles. The highest BCUT2D eigenvalue weighted by Crippen LogP contribution is 2.52. The average Bonchev–Trinajstić information content (AvgIpc) is 2.70. The summed E-state index contributed by atoms with van der Waals surface area (Å²) in [6.45, 7) is 0.